The summed E-state index contributed by atoms with van der Waals surface area (Å²) in [5.41, 5.74) is 1.32. The van der Waals surface area contributed by atoms with Crippen LogP contribution in [-0.4, -0.2) is 29.1 Å². The molecule has 0 saturated carbocycles. The topological polar surface area (TPSA) is 63.6 Å². The number of rotatable bonds is 5. The molecule has 1 fully saturated rings. The molecule has 0 aromatic heterocycles. The Morgan fingerprint density at radius 1 is 1.26 bits per heavy atom. The first kappa shape index (κ1) is 20.3. The van der Waals surface area contributed by atoms with Gasteiger partial charge in [0.1, 0.15) is 11.9 Å². The maximum atomic E-state index is 13.0. The molecule has 0 aromatic rings. The molecule has 27 heavy (non-hydrogen) atoms. The van der Waals surface area contributed by atoms with Crippen LogP contribution in [0, 0.1) is 35.5 Å². The summed E-state index contributed by atoms with van der Waals surface area (Å²) in [5.74, 6) is 1.68. The third-order valence-electron chi connectivity index (χ3n) is 6.64. The molecule has 0 unspecified atom stereocenters. The number of Topliss-reactive ketones (excluding diaryl/α,β-unsaturated/α-hetero) is 1. The largest absolute Gasteiger partial charge is 0.462 e. The lowest BCUT2D eigenvalue weighted by Gasteiger charge is -2.44. The van der Waals surface area contributed by atoms with Gasteiger partial charge >= 0.3 is 5.97 Å². The van der Waals surface area contributed by atoms with E-state index in [9.17, 15) is 14.7 Å². The molecule has 1 aliphatic heterocycles. The molecular weight excluding hydrogens is 340 g/mol. The Hall–Kier alpha value is -1.42. The molecule has 1 heterocycles. The summed E-state index contributed by atoms with van der Waals surface area (Å²) >= 11 is 0. The summed E-state index contributed by atoms with van der Waals surface area (Å²) < 4.78 is 5.45. The van der Waals surface area contributed by atoms with Crippen LogP contribution in [0.1, 0.15) is 59.8 Å². The molecule has 0 amide bonds. The average Bonchev–Trinajstić information content (AvgIpc) is 2.58. The van der Waals surface area contributed by atoms with Gasteiger partial charge in [0.05, 0.1) is 12.5 Å². The van der Waals surface area contributed by atoms with E-state index in [1.807, 2.05) is 13.8 Å². The number of carbonyl (C=O) groups excluding carboxylic acids is 2. The van der Waals surface area contributed by atoms with E-state index in [2.05, 4.69) is 32.1 Å². The van der Waals surface area contributed by atoms with Crippen LogP contribution in [0.3, 0.4) is 0 Å². The third-order valence-corrected chi connectivity index (χ3v) is 6.64. The predicted molar refractivity (Wildman–Crippen MR) is 105 cm³/mol. The van der Waals surface area contributed by atoms with Gasteiger partial charge in [-0.2, -0.15) is 0 Å². The van der Waals surface area contributed by atoms with Crippen molar-refractivity contribution in [2.45, 2.75) is 72.0 Å². The van der Waals surface area contributed by atoms with Crippen LogP contribution >= 0.6 is 0 Å². The normalized spacial score (nSPS) is 39.0. The minimum absolute atomic E-state index is 0.0536. The summed E-state index contributed by atoms with van der Waals surface area (Å²) in [7, 11) is 0. The molecule has 3 rings (SSSR count). The second kappa shape index (κ2) is 8.30. The molecule has 2 aliphatic carbocycles. The van der Waals surface area contributed by atoms with Gasteiger partial charge in [0.2, 0.25) is 0 Å². The molecule has 4 nitrogen and oxygen atoms in total. The zero-order chi connectivity index (χ0) is 19.7. The number of ketones is 1. The Labute approximate surface area is 163 Å². The third kappa shape index (κ3) is 4.53. The Kier molecular flexibility index (Phi) is 6.25. The maximum Gasteiger partial charge on any atom is 0.308 e. The van der Waals surface area contributed by atoms with Crippen molar-refractivity contribution in [1.29, 1.82) is 0 Å². The Balaban J connectivity index is 1.78. The second-order valence-electron chi connectivity index (χ2n) is 9.23. The van der Waals surface area contributed by atoms with Crippen LogP contribution < -0.4 is 0 Å². The summed E-state index contributed by atoms with van der Waals surface area (Å²) in [5, 5.41) is 9.87. The summed E-state index contributed by atoms with van der Waals surface area (Å²) in [4.78, 5) is 24.6. The smallest absolute Gasteiger partial charge is 0.308 e. The molecule has 1 saturated heterocycles. The van der Waals surface area contributed by atoms with Crippen molar-refractivity contribution >= 4 is 11.8 Å². The monoisotopic (exact) mass is 374 g/mol. The second-order valence-corrected chi connectivity index (χ2v) is 9.23. The average molecular weight is 375 g/mol. The van der Waals surface area contributed by atoms with Crippen LogP contribution in [-0.2, 0) is 14.3 Å². The van der Waals surface area contributed by atoms with Crippen molar-refractivity contribution in [3.63, 3.8) is 0 Å². The minimum atomic E-state index is -0.582. The molecule has 7 atom stereocenters. The lowest BCUT2D eigenvalue weighted by molar-refractivity contribution is -0.160. The zero-order valence-electron chi connectivity index (χ0n) is 17.1. The van der Waals surface area contributed by atoms with Gasteiger partial charge in [-0.05, 0) is 48.5 Å². The molecular formula is C23H34O4. The molecule has 0 aromatic carbocycles. The van der Waals surface area contributed by atoms with Crippen molar-refractivity contribution in [3.05, 3.63) is 23.8 Å². The highest BCUT2D eigenvalue weighted by Crippen LogP contribution is 2.47. The number of fused-ring (bicyclic) bond motifs is 1. The van der Waals surface area contributed by atoms with E-state index in [1.54, 1.807) is 0 Å². The highest BCUT2D eigenvalue weighted by atomic mass is 16.5. The number of esters is 1. The zero-order valence-corrected chi connectivity index (χ0v) is 17.1. The van der Waals surface area contributed by atoms with E-state index < -0.39 is 6.10 Å². The number of ether oxygens (including phenoxy) is 1. The fourth-order valence-corrected chi connectivity index (χ4v) is 5.31. The van der Waals surface area contributed by atoms with Crippen molar-refractivity contribution in [3.8, 4) is 0 Å². The number of aliphatic hydroxyl groups is 1. The van der Waals surface area contributed by atoms with E-state index in [0.717, 1.165) is 19.3 Å². The van der Waals surface area contributed by atoms with Crippen molar-refractivity contribution in [2.24, 2.45) is 35.5 Å². The first-order chi connectivity index (χ1) is 12.8. The molecule has 0 bridgehead atoms. The molecule has 0 radical (unpaired) electrons. The number of aliphatic hydroxyl groups excluding tert-OH is 1. The van der Waals surface area contributed by atoms with Gasteiger partial charge in [-0.1, -0.05) is 45.9 Å². The summed E-state index contributed by atoms with van der Waals surface area (Å²) in [6.07, 6.45) is 9.29. The van der Waals surface area contributed by atoms with Crippen LogP contribution in [0.15, 0.2) is 23.8 Å². The predicted octanol–water partition coefficient (Wildman–Crippen LogP) is 4.08. The van der Waals surface area contributed by atoms with E-state index in [1.165, 1.54) is 5.57 Å². The van der Waals surface area contributed by atoms with Crippen molar-refractivity contribution in [2.75, 3.05) is 0 Å². The van der Waals surface area contributed by atoms with Crippen LogP contribution in [0.4, 0.5) is 0 Å². The quantitative estimate of drug-likeness (QED) is 0.737. The van der Waals surface area contributed by atoms with Gasteiger partial charge in [-0.25, -0.2) is 0 Å². The van der Waals surface area contributed by atoms with Crippen LogP contribution in [0.5, 0.6) is 0 Å². The number of hydrogen-bond acceptors (Lipinski definition) is 4. The highest BCUT2D eigenvalue weighted by Gasteiger charge is 2.43. The fourth-order valence-electron chi connectivity index (χ4n) is 5.31. The van der Waals surface area contributed by atoms with Crippen molar-refractivity contribution in [1.82, 2.24) is 0 Å². The van der Waals surface area contributed by atoms with Gasteiger partial charge in [-0.3, -0.25) is 9.59 Å². The number of carbonyl (C=O) groups is 2. The lowest BCUT2D eigenvalue weighted by atomic mass is 9.60. The maximum absolute atomic E-state index is 13.0. The molecule has 150 valence electrons. The van der Waals surface area contributed by atoms with Gasteiger partial charge in [0.15, 0.2) is 0 Å². The van der Waals surface area contributed by atoms with Gasteiger partial charge in [-0.15, -0.1) is 0 Å². The first-order valence-electron chi connectivity index (χ1n) is 10.6. The summed E-state index contributed by atoms with van der Waals surface area (Å²) in [6, 6.07) is 0. The Morgan fingerprint density at radius 2 is 2.00 bits per heavy atom. The van der Waals surface area contributed by atoms with Crippen molar-refractivity contribution < 1.29 is 19.4 Å². The SMILES string of the molecule is CC(C)C(=O)[C@H]1C[C@@H](C)C=C2C=C[C@H](C)[C@H](CC[C@@H]3C[C@@H](O)CC(=O)O3)[C@H]21. The first-order valence-corrected chi connectivity index (χ1v) is 10.6. The standard InChI is InChI=1S/C23H34O4/c1-13(2)23(26)20-10-14(3)9-16-6-5-15(4)19(22(16)20)8-7-18-11-17(24)12-21(25)27-18/h5-6,9,13-15,17-20,22,24H,7-8,10-12H2,1-4H3/t14-,15-,17+,18+,19-,20-,22-/m0/s1. The lowest BCUT2D eigenvalue weighted by Crippen LogP contribution is -2.41. The Bertz CT molecular complexity index is 632. The van der Waals surface area contributed by atoms with Gasteiger partial charge in [0, 0.05) is 18.3 Å². The molecule has 1 N–H and O–H groups in total. The van der Waals surface area contributed by atoms with E-state index in [-0.39, 0.29) is 36.2 Å². The van der Waals surface area contributed by atoms with Gasteiger partial charge < -0.3 is 9.84 Å². The van der Waals surface area contributed by atoms with Crippen LogP contribution in [0.2, 0.25) is 0 Å². The van der Waals surface area contributed by atoms with E-state index >= 15 is 0 Å². The molecule has 4 heteroatoms. The summed E-state index contributed by atoms with van der Waals surface area (Å²) in [6.45, 7) is 8.44. The molecule has 0 spiro atoms. The highest BCUT2D eigenvalue weighted by molar-refractivity contribution is 5.84. The minimum Gasteiger partial charge on any atom is -0.462 e. The Morgan fingerprint density at radius 3 is 2.67 bits per heavy atom. The fraction of sp³-hybridized carbons (Fsp3) is 0.739. The van der Waals surface area contributed by atoms with E-state index in [0.29, 0.717) is 30.0 Å². The molecule has 3 aliphatic rings. The van der Waals surface area contributed by atoms with Gasteiger partial charge in [0.25, 0.3) is 0 Å². The van der Waals surface area contributed by atoms with E-state index in [4.69, 9.17) is 4.74 Å². The van der Waals surface area contributed by atoms with Crippen LogP contribution in [0.25, 0.3) is 0 Å². The number of allylic oxidation sites excluding steroid dienone is 4. The number of hydrogen-bond donors (Lipinski definition) is 1. The number of cyclic esters (lactones) is 1.